The number of carbonyl (C=O) groups excluding carboxylic acids is 1. The lowest BCUT2D eigenvalue weighted by Crippen LogP contribution is -2.41. The first-order valence-electron chi connectivity index (χ1n) is 7.72. The van der Waals surface area contributed by atoms with Crippen LogP contribution in [0.15, 0.2) is 43.0 Å². The Bertz CT molecular complexity index is 718. The van der Waals surface area contributed by atoms with Gasteiger partial charge in [0.2, 0.25) is 5.91 Å². The van der Waals surface area contributed by atoms with E-state index in [-0.39, 0.29) is 12.0 Å². The van der Waals surface area contributed by atoms with Crippen LogP contribution in [0.5, 0.6) is 0 Å². The molecule has 1 amide bonds. The van der Waals surface area contributed by atoms with Crippen molar-refractivity contribution in [3.8, 4) is 11.3 Å². The first-order valence-corrected chi connectivity index (χ1v) is 7.72. The number of aromatic nitrogens is 2. The summed E-state index contributed by atoms with van der Waals surface area (Å²) in [5, 5.41) is 4.38. The molecule has 0 N–H and O–H groups in total. The molecule has 1 aliphatic rings. The average Bonchev–Trinajstić information content (AvgIpc) is 2.93. The van der Waals surface area contributed by atoms with E-state index in [9.17, 15) is 4.79 Å². The minimum Gasteiger partial charge on any atom is -0.370 e. The zero-order valence-electron chi connectivity index (χ0n) is 13.5. The first kappa shape index (κ1) is 15.5. The highest BCUT2D eigenvalue weighted by Crippen LogP contribution is 2.26. The third-order valence-electron chi connectivity index (χ3n) is 4.13. The van der Waals surface area contributed by atoms with Crippen molar-refractivity contribution in [1.82, 2.24) is 14.7 Å². The van der Waals surface area contributed by atoms with E-state index >= 15 is 0 Å². The van der Waals surface area contributed by atoms with Crippen LogP contribution in [-0.2, 0) is 16.6 Å². The van der Waals surface area contributed by atoms with Crippen molar-refractivity contribution in [1.29, 1.82) is 0 Å². The van der Waals surface area contributed by atoms with E-state index in [4.69, 9.17) is 4.74 Å². The van der Waals surface area contributed by atoms with Gasteiger partial charge in [-0.15, -0.1) is 0 Å². The molecule has 5 nitrogen and oxygen atoms in total. The molecule has 1 aromatic heterocycles. The summed E-state index contributed by atoms with van der Waals surface area (Å²) in [7, 11) is 1.94. The highest BCUT2D eigenvalue weighted by Gasteiger charge is 2.24. The minimum absolute atomic E-state index is 0.0414. The molecule has 2 aromatic rings. The predicted octanol–water partition coefficient (Wildman–Crippen LogP) is 2.48. The van der Waals surface area contributed by atoms with Gasteiger partial charge in [-0.25, -0.2) is 0 Å². The third-order valence-corrected chi connectivity index (χ3v) is 4.13. The van der Waals surface area contributed by atoms with Crippen LogP contribution in [-0.4, -0.2) is 40.3 Å². The lowest BCUT2D eigenvalue weighted by atomic mass is 10.0. The molecule has 5 heteroatoms. The van der Waals surface area contributed by atoms with Crippen molar-refractivity contribution >= 4 is 5.91 Å². The maximum Gasteiger partial charge on any atom is 0.246 e. The zero-order valence-corrected chi connectivity index (χ0v) is 13.5. The van der Waals surface area contributed by atoms with Gasteiger partial charge in [0.05, 0.1) is 24.5 Å². The van der Waals surface area contributed by atoms with Crippen LogP contribution in [0.2, 0.25) is 0 Å². The van der Waals surface area contributed by atoms with Crippen LogP contribution in [0.25, 0.3) is 11.3 Å². The van der Waals surface area contributed by atoms with E-state index in [1.54, 1.807) is 4.90 Å². The predicted molar refractivity (Wildman–Crippen MR) is 88.9 cm³/mol. The topological polar surface area (TPSA) is 47.4 Å². The number of morpholine rings is 1. The third kappa shape index (κ3) is 3.19. The average molecular weight is 311 g/mol. The Kier molecular flexibility index (Phi) is 4.30. The quantitative estimate of drug-likeness (QED) is 0.818. The molecule has 1 aliphatic heterocycles. The molecule has 0 spiro atoms. The number of benzene rings is 1. The minimum atomic E-state index is -0.0880. The number of carbonyl (C=O) groups is 1. The van der Waals surface area contributed by atoms with Gasteiger partial charge in [0, 0.05) is 13.6 Å². The summed E-state index contributed by atoms with van der Waals surface area (Å²) in [6.45, 7) is 7.27. The number of nitrogens with zero attached hydrogens (tertiary/aromatic N) is 3. The fourth-order valence-electron chi connectivity index (χ4n) is 2.93. The Morgan fingerprint density at radius 3 is 2.74 bits per heavy atom. The molecule has 3 rings (SSSR count). The molecule has 0 bridgehead atoms. The van der Waals surface area contributed by atoms with E-state index in [1.807, 2.05) is 18.7 Å². The van der Waals surface area contributed by atoms with Crippen molar-refractivity contribution in [2.75, 3.05) is 19.7 Å². The summed E-state index contributed by atoms with van der Waals surface area (Å²) >= 11 is 0. The maximum absolute atomic E-state index is 11.8. The molecule has 0 unspecified atom stereocenters. The van der Waals surface area contributed by atoms with Crippen LogP contribution in [0.1, 0.15) is 17.4 Å². The maximum atomic E-state index is 11.8. The number of ether oxygens (including phenoxy) is 1. The second-order valence-corrected chi connectivity index (χ2v) is 5.76. The fourth-order valence-corrected chi connectivity index (χ4v) is 2.93. The van der Waals surface area contributed by atoms with Crippen molar-refractivity contribution in [2.24, 2.45) is 7.05 Å². The molecule has 1 fully saturated rings. The molecule has 1 saturated heterocycles. The summed E-state index contributed by atoms with van der Waals surface area (Å²) in [5.41, 5.74) is 4.28. The summed E-state index contributed by atoms with van der Waals surface area (Å²) in [4.78, 5) is 13.5. The molecular weight excluding hydrogens is 290 g/mol. The smallest absolute Gasteiger partial charge is 0.246 e. The van der Waals surface area contributed by atoms with Crippen LogP contribution >= 0.6 is 0 Å². The highest BCUT2D eigenvalue weighted by molar-refractivity contribution is 5.87. The van der Waals surface area contributed by atoms with Gasteiger partial charge < -0.3 is 9.64 Å². The molecule has 2 heterocycles. The lowest BCUT2D eigenvalue weighted by Gasteiger charge is -2.32. The van der Waals surface area contributed by atoms with Crippen LogP contribution < -0.4 is 0 Å². The number of amides is 1. The number of aryl methyl sites for hydroxylation is 2. The van der Waals surface area contributed by atoms with E-state index in [0.717, 1.165) is 22.5 Å². The summed E-state index contributed by atoms with van der Waals surface area (Å²) in [6.07, 6.45) is 1.27. The molecule has 120 valence electrons. The van der Waals surface area contributed by atoms with Gasteiger partial charge in [0.25, 0.3) is 0 Å². The molecule has 1 atom stereocenters. The summed E-state index contributed by atoms with van der Waals surface area (Å²) in [6, 6.07) is 10.3. The van der Waals surface area contributed by atoms with Crippen molar-refractivity contribution < 1.29 is 9.53 Å². The number of rotatable bonds is 3. The molecule has 23 heavy (non-hydrogen) atoms. The van der Waals surface area contributed by atoms with E-state index in [1.165, 1.54) is 6.08 Å². The SMILES string of the molecule is C=CC(=O)N1CCO[C@H](c2ccc(-c3cc(C)nn3C)cc2)C1. The number of hydrogen-bond donors (Lipinski definition) is 0. The Morgan fingerprint density at radius 1 is 1.39 bits per heavy atom. The van der Waals surface area contributed by atoms with E-state index in [2.05, 4.69) is 42.0 Å². The normalized spacial score (nSPS) is 18.0. The van der Waals surface area contributed by atoms with Crippen molar-refractivity contribution in [2.45, 2.75) is 13.0 Å². The van der Waals surface area contributed by atoms with Gasteiger partial charge in [-0.3, -0.25) is 9.48 Å². The fraction of sp³-hybridized carbons (Fsp3) is 0.333. The first-order chi connectivity index (χ1) is 11.1. The highest BCUT2D eigenvalue weighted by atomic mass is 16.5. The van der Waals surface area contributed by atoms with Crippen molar-refractivity contribution in [3.05, 3.63) is 54.2 Å². The Balaban J connectivity index is 1.78. The van der Waals surface area contributed by atoms with Crippen LogP contribution in [0, 0.1) is 6.92 Å². The van der Waals surface area contributed by atoms with Crippen molar-refractivity contribution in [3.63, 3.8) is 0 Å². The zero-order chi connectivity index (χ0) is 16.4. The van der Waals surface area contributed by atoms with Gasteiger partial charge in [0.15, 0.2) is 0 Å². The van der Waals surface area contributed by atoms with Crippen LogP contribution in [0.3, 0.4) is 0 Å². The lowest BCUT2D eigenvalue weighted by molar-refractivity contribution is -0.133. The second-order valence-electron chi connectivity index (χ2n) is 5.76. The van der Waals surface area contributed by atoms with E-state index in [0.29, 0.717) is 19.7 Å². The van der Waals surface area contributed by atoms with Crippen LogP contribution in [0.4, 0.5) is 0 Å². The number of hydrogen-bond acceptors (Lipinski definition) is 3. The largest absolute Gasteiger partial charge is 0.370 e. The Hall–Kier alpha value is -2.40. The van der Waals surface area contributed by atoms with Gasteiger partial charge >= 0.3 is 0 Å². The van der Waals surface area contributed by atoms with Gasteiger partial charge in [-0.2, -0.15) is 5.10 Å². The summed E-state index contributed by atoms with van der Waals surface area (Å²) in [5.74, 6) is -0.0414. The Labute approximate surface area is 136 Å². The standard InChI is InChI=1S/C18H21N3O2/c1-4-18(22)21-9-10-23-17(12-21)15-7-5-14(6-8-15)16-11-13(2)19-20(16)3/h4-8,11,17H,1,9-10,12H2,2-3H3/t17-/m0/s1. The summed E-state index contributed by atoms with van der Waals surface area (Å²) < 4.78 is 7.70. The van der Waals surface area contributed by atoms with Gasteiger partial charge in [-0.05, 0) is 30.2 Å². The second kappa shape index (κ2) is 6.38. The van der Waals surface area contributed by atoms with Gasteiger partial charge in [0.1, 0.15) is 6.10 Å². The monoisotopic (exact) mass is 311 g/mol. The molecular formula is C18H21N3O2. The molecule has 1 aromatic carbocycles. The molecule has 0 saturated carbocycles. The molecule has 0 radical (unpaired) electrons. The Morgan fingerprint density at radius 2 is 2.13 bits per heavy atom. The van der Waals surface area contributed by atoms with E-state index < -0.39 is 0 Å². The molecule has 0 aliphatic carbocycles. The van der Waals surface area contributed by atoms with Gasteiger partial charge in [-0.1, -0.05) is 30.8 Å².